The van der Waals surface area contributed by atoms with Crippen LogP contribution in [0.3, 0.4) is 0 Å². The summed E-state index contributed by atoms with van der Waals surface area (Å²) in [6.07, 6.45) is 5.43. The van der Waals surface area contributed by atoms with E-state index in [4.69, 9.17) is 32.7 Å². The molecule has 0 N–H and O–H groups in total. The van der Waals surface area contributed by atoms with E-state index in [2.05, 4.69) is 6.08 Å². The molecular formula is C20H25Cl2NO3. The van der Waals surface area contributed by atoms with Gasteiger partial charge in [-0.05, 0) is 51.3 Å². The predicted octanol–water partition coefficient (Wildman–Crippen LogP) is 5.22. The number of nitrogens with zero attached hydrogens (tertiary/aromatic N) is 1. The second kappa shape index (κ2) is 7.41. The van der Waals surface area contributed by atoms with E-state index in [0.29, 0.717) is 29.7 Å². The zero-order valence-corrected chi connectivity index (χ0v) is 16.9. The van der Waals surface area contributed by atoms with E-state index >= 15 is 0 Å². The van der Waals surface area contributed by atoms with Crippen LogP contribution < -0.4 is 0 Å². The maximum absolute atomic E-state index is 12.4. The fourth-order valence-electron chi connectivity index (χ4n) is 3.70. The zero-order valence-electron chi connectivity index (χ0n) is 15.4. The summed E-state index contributed by atoms with van der Waals surface area (Å²) in [5.74, 6) is 0. The molecule has 2 aliphatic heterocycles. The molecule has 6 heteroatoms. The van der Waals surface area contributed by atoms with Crippen LogP contribution >= 0.6 is 23.2 Å². The van der Waals surface area contributed by atoms with Crippen molar-refractivity contribution in [1.82, 2.24) is 4.90 Å². The molecular weight excluding hydrogens is 373 g/mol. The van der Waals surface area contributed by atoms with Crippen molar-refractivity contribution in [3.8, 4) is 0 Å². The summed E-state index contributed by atoms with van der Waals surface area (Å²) in [6.45, 7) is 7.49. The normalized spacial score (nSPS) is 22.5. The summed E-state index contributed by atoms with van der Waals surface area (Å²) in [5, 5.41) is 1.08. The molecule has 1 amide bonds. The Morgan fingerprint density at radius 3 is 2.46 bits per heavy atom. The summed E-state index contributed by atoms with van der Waals surface area (Å²) >= 11 is 12.4. The monoisotopic (exact) mass is 397 g/mol. The van der Waals surface area contributed by atoms with Gasteiger partial charge in [-0.2, -0.15) is 0 Å². The van der Waals surface area contributed by atoms with Crippen LogP contribution in [0.4, 0.5) is 4.79 Å². The number of carbonyl (C=O) groups excluding carboxylic acids is 1. The first-order valence-corrected chi connectivity index (χ1v) is 9.69. The number of rotatable bonds is 2. The lowest BCUT2D eigenvalue weighted by molar-refractivity contribution is -0.00297. The van der Waals surface area contributed by atoms with Crippen molar-refractivity contribution in [1.29, 1.82) is 0 Å². The number of benzene rings is 1. The minimum atomic E-state index is -0.493. The van der Waals surface area contributed by atoms with Gasteiger partial charge in [0.05, 0.1) is 22.8 Å². The lowest BCUT2D eigenvalue weighted by Crippen LogP contribution is -2.51. The smallest absolute Gasteiger partial charge is 0.410 e. The Balaban J connectivity index is 1.83. The third-order valence-electron chi connectivity index (χ3n) is 5.03. The van der Waals surface area contributed by atoms with E-state index in [-0.39, 0.29) is 17.6 Å². The molecule has 1 aromatic rings. The second-order valence-electron chi connectivity index (χ2n) is 7.93. The van der Waals surface area contributed by atoms with E-state index in [1.165, 1.54) is 0 Å². The quantitative estimate of drug-likeness (QED) is 0.642. The third kappa shape index (κ3) is 4.03. The fraction of sp³-hybridized carbons (Fsp3) is 0.550. The van der Waals surface area contributed by atoms with Crippen molar-refractivity contribution in [3.63, 3.8) is 0 Å². The zero-order chi connectivity index (χ0) is 18.9. The molecule has 1 atom stereocenters. The van der Waals surface area contributed by atoms with Crippen molar-refractivity contribution in [2.45, 2.75) is 50.7 Å². The molecule has 0 bridgehead atoms. The minimum Gasteiger partial charge on any atom is -0.444 e. The highest BCUT2D eigenvalue weighted by Crippen LogP contribution is 2.43. The number of hydrogen-bond donors (Lipinski definition) is 0. The number of ether oxygens (including phenoxy) is 2. The highest BCUT2D eigenvalue weighted by molar-refractivity contribution is 6.42. The van der Waals surface area contributed by atoms with E-state index < -0.39 is 5.60 Å². The topological polar surface area (TPSA) is 38.8 Å². The van der Waals surface area contributed by atoms with Crippen LogP contribution in [-0.2, 0) is 14.9 Å². The summed E-state index contributed by atoms with van der Waals surface area (Å²) in [4.78, 5) is 14.2. The average Bonchev–Trinajstić information content (AvgIpc) is 3.11. The lowest BCUT2D eigenvalue weighted by Gasteiger charge is -2.45. The van der Waals surface area contributed by atoms with Gasteiger partial charge in [-0.3, -0.25) is 0 Å². The Bertz CT molecular complexity index is 703. The SMILES string of the molecule is CC(C)(C)OC(=O)N1CCC(c2ccc(Cl)c(Cl)c2)(C2C=CCO2)CC1. The van der Waals surface area contributed by atoms with Crippen LogP contribution in [0.2, 0.25) is 10.0 Å². The molecule has 1 unspecified atom stereocenters. The van der Waals surface area contributed by atoms with Crippen molar-refractivity contribution >= 4 is 29.3 Å². The van der Waals surface area contributed by atoms with Gasteiger partial charge in [0.15, 0.2) is 0 Å². The highest BCUT2D eigenvalue weighted by atomic mass is 35.5. The highest BCUT2D eigenvalue weighted by Gasteiger charge is 2.45. The molecule has 2 heterocycles. The van der Waals surface area contributed by atoms with Crippen molar-refractivity contribution in [2.75, 3.05) is 19.7 Å². The molecule has 4 nitrogen and oxygen atoms in total. The van der Waals surface area contributed by atoms with Crippen LogP contribution in [0, 0.1) is 0 Å². The van der Waals surface area contributed by atoms with Crippen LogP contribution in [0.1, 0.15) is 39.2 Å². The Labute approximate surface area is 165 Å². The molecule has 1 fully saturated rings. The number of hydrogen-bond acceptors (Lipinski definition) is 3. The van der Waals surface area contributed by atoms with Crippen LogP contribution in [0.5, 0.6) is 0 Å². The minimum absolute atomic E-state index is 0.0273. The summed E-state index contributed by atoms with van der Waals surface area (Å²) < 4.78 is 11.5. The molecule has 0 spiro atoms. The van der Waals surface area contributed by atoms with Gasteiger partial charge in [-0.25, -0.2) is 4.79 Å². The van der Waals surface area contributed by atoms with Gasteiger partial charge in [0.1, 0.15) is 5.60 Å². The van der Waals surface area contributed by atoms with Crippen LogP contribution in [0.15, 0.2) is 30.4 Å². The van der Waals surface area contributed by atoms with Gasteiger partial charge in [0.2, 0.25) is 0 Å². The molecule has 2 aliphatic rings. The third-order valence-corrected chi connectivity index (χ3v) is 5.77. The lowest BCUT2D eigenvalue weighted by atomic mass is 9.69. The molecule has 0 saturated carbocycles. The summed E-state index contributed by atoms with van der Waals surface area (Å²) in [6, 6.07) is 5.79. The molecule has 0 aliphatic carbocycles. The standard InChI is InChI=1S/C20H25Cl2NO3/c1-19(2,3)26-18(24)23-10-8-20(9-11-23,17-5-4-12-25-17)14-6-7-15(21)16(22)13-14/h4-7,13,17H,8-12H2,1-3H3. The van der Waals surface area contributed by atoms with Gasteiger partial charge in [-0.1, -0.05) is 41.4 Å². The fourth-order valence-corrected chi connectivity index (χ4v) is 3.99. The second-order valence-corrected chi connectivity index (χ2v) is 8.75. The van der Waals surface area contributed by atoms with Crippen LogP contribution in [-0.4, -0.2) is 42.4 Å². The molecule has 1 aromatic carbocycles. The van der Waals surface area contributed by atoms with Crippen molar-refractivity contribution in [3.05, 3.63) is 46.0 Å². The number of amides is 1. The number of carbonyl (C=O) groups is 1. The first-order valence-electron chi connectivity index (χ1n) is 8.93. The Kier molecular flexibility index (Phi) is 5.57. The van der Waals surface area contributed by atoms with Crippen molar-refractivity contribution in [2.24, 2.45) is 0 Å². The van der Waals surface area contributed by atoms with E-state index in [1.807, 2.05) is 45.0 Å². The van der Waals surface area contributed by atoms with Gasteiger partial charge >= 0.3 is 6.09 Å². The molecule has 3 rings (SSSR count). The number of piperidine rings is 1. The molecule has 0 aromatic heterocycles. The Hall–Kier alpha value is -1.23. The maximum Gasteiger partial charge on any atom is 0.410 e. The first-order chi connectivity index (χ1) is 12.2. The van der Waals surface area contributed by atoms with Gasteiger partial charge in [-0.15, -0.1) is 0 Å². The number of likely N-dealkylation sites (tertiary alicyclic amines) is 1. The van der Waals surface area contributed by atoms with Gasteiger partial charge in [0, 0.05) is 18.5 Å². The van der Waals surface area contributed by atoms with E-state index in [1.54, 1.807) is 4.90 Å². The van der Waals surface area contributed by atoms with Gasteiger partial charge in [0.25, 0.3) is 0 Å². The summed E-state index contributed by atoms with van der Waals surface area (Å²) in [7, 11) is 0. The summed E-state index contributed by atoms with van der Waals surface area (Å²) in [5.41, 5.74) is 0.388. The molecule has 0 radical (unpaired) electrons. The molecule has 142 valence electrons. The van der Waals surface area contributed by atoms with Crippen molar-refractivity contribution < 1.29 is 14.3 Å². The van der Waals surface area contributed by atoms with E-state index in [0.717, 1.165) is 18.4 Å². The Morgan fingerprint density at radius 1 is 1.23 bits per heavy atom. The van der Waals surface area contributed by atoms with Crippen LogP contribution in [0.25, 0.3) is 0 Å². The molecule has 26 heavy (non-hydrogen) atoms. The number of halogens is 2. The van der Waals surface area contributed by atoms with E-state index in [9.17, 15) is 4.79 Å². The largest absolute Gasteiger partial charge is 0.444 e. The Morgan fingerprint density at radius 2 is 1.92 bits per heavy atom. The predicted molar refractivity (Wildman–Crippen MR) is 104 cm³/mol. The maximum atomic E-state index is 12.4. The first kappa shape index (κ1) is 19.5. The average molecular weight is 398 g/mol. The van der Waals surface area contributed by atoms with Gasteiger partial charge < -0.3 is 14.4 Å². The molecule has 1 saturated heterocycles.